The van der Waals surface area contributed by atoms with Crippen LogP contribution in [0.25, 0.3) is 0 Å². The van der Waals surface area contributed by atoms with Gasteiger partial charge in [-0.15, -0.1) is 0 Å². The third-order valence-corrected chi connectivity index (χ3v) is 7.28. The van der Waals surface area contributed by atoms with E-state index in [1.807, 2.05) is 31.1 Å². The number of aromatic nitrogens is 1. The van der Waals surface area contributed by atoms with Crippen LogP contribution in [-0.4, -0.2) is 78.8 Å². The average Bonchev–Trinajstić information content (AvgIpc) is 3.17. The number of rotatable bonds is 2. The van der Waals surface area contributed by atoms with Crippen molar-refractivity contribution in [2.75, 3.05) is 47.3 Å². The van der Waals surface area contributed by atoms with Crippen LogP contribution in [0.5, 0.6) is 0 Å². The third kappa shape index (κ3) is 2.85. The van der Waals surface area contributed by atoms with E-state index in [1.54, 1.807) is 17.2 Å². The molecule has 0 unspecified atom stereocenters. The lowest BCUT2D eigenvalue weighted by Gasteiger charge is -2.44. The van der Waals surface area contributed by atoms with Gasteiger partial charge in [0.05, 0.1) is 5.41 Å². The zero-order chi connectivity index (χ0) is 19.2. The van der Waals surface area contributed by atoms with Gasteiger partial charge < -0.3 is 14.7 Å². The molecule has 3 fully saturated rings. The van der Waals surface area contributed by atoms with Crippen molar-refractivity contribution in [1.82, 2.24) is 19.7 Å². The van der Waals surface area contributed by atoms with Gasteiger partial charge in [-0.2, -0.15) is 0 Å². The van der Waals surface area contributed by atoms with Gasteiger partial charge in [-0.25, -0.2) is 0 Å². The lowest BCUT2D eigenvalue weighted by Crippen LogP contribution is -2.49. The van der Waals surface area contributed by atoms with Gasteiger partial charge >= 0.3 is 0 Å². The fourth-order valence-electron chi connectivity index (χ4n) is 6.00. The number of carbonyl (C=O) groups excluding carboxylic acids is 2. The topological polar surface area (TPSA) is 56.8 Å². The van der Waals surface area contributed by atoms with Crippen LogP contribution in [0.2, 0.25) is 0 Å². The summed E-state index contributed by atoms with van der Waals surface area (Å²) in [6.07, 6.45) is 5.74. The van der Waals surface area contributed by atoms with E-state index in [1.165, 1.54) is 0 Å². The molecule has 0 aromatic carbocycles. The van der Waals surface area contributed by atoms with Crippen LogP contribution in [0.15, 0.2) is 24.4 Å². The number of likely N-dealkylation sites (tertiary alicyclic amines) is 2. The fraction of sp³-hybridized carbons (Fsp3) is 0.667. The molecule has 3 aliphatic rings. The van der Waals surface area contributed by atoms with Crippen LogP contribution in [0.1, 0.15) is 36.2 Å². The number of nitrogens with zero attached hydrogens (tertiary/aromatic N) is 4. The summed E-state index contributed by atoms with van der Waals surface area (Å²) in [4.78, 5) is 36.1. The molecule has 1 aromatic rings. The van der Waals surface area contributed by atoms with Crippen molar-refractivity contribution in [3.8, 4) is 0 Å². The lowest BCUT2D eigenvalue weighted by atomic mass is 9.65. The predicted molar refractivity (Wildman–Crippen MR) is 103 cm³/mol. The molecule has 1 aliphatic carbocycles. The SMILES string of the molecule is CN1C[C@H]2C3(CCN(C(=O)c4ccccn4)CC3)CC[C@@]2(C(=O)N(C)C)C1. The minimum absolute atomic E-state index is 0.0302. The summed E-state index contributed by atoms with van der Waals surface area (Å²) in [7, 11) is 5.90. The molecule has 6 nitrogen and oxygen atoms in total. The molecule has 3 heterocycles. The van der Waals surface area contributed by atoms with Gasteiger partial charge in [-0.1, -0.05) is 6.07 Å². The summed E-state index contributed by atoms with van der Waals surface area (Å²) >= 11 is 0. The summed E-state index contributed by atoms with van der Waals surface area (Å²) < 4.78 is 0. The number of hydrogen-bond donors (Lipinski definition) is 0. The minimum Gasteiger partial charge on any atom is -0.348 e. The van der Waals surface area contributed by atoms with E-state index >= 15 is 0 Å². The van der Waals surface area contributed by atoms with Crippen LogP contribution in [0, 0.1) is 16.7 Å². The molecule has 0 bridgehead atoms. The van der Waals surface area contributed by atoms with Gasteiger partial charge in [0.2, 0.25) is 5.91 Å². The third-order valence-electron chi connectivity index (χ3n) is 7.28. The number of carbonyl (C=O) groups is 2. The van der Waals surface area contributed by atoms with Crippen LogP contribution in [0.4, 0.5) is 0 Å². The summed E-state index contributed by atoms with van der Waals surface area (Å²) in [6.45, 7) is 3.39. The Balaban J connectivity index is 1.51. The van der Waals surface area contributed by atoms with Crippen molar-refractivity contribution in [3.05, 3.63) is 30.1 Å². The quantitative estimate of drug-likeness (QED) is 0.796. The molecule has 2 amide bonds. The van der Waals surface area contributed by atoms with E-state index in [-0.39, 0.29) is 16.7 Å². The van der Waals surface area contributed by atoms with E-state index in [2.05, 4.69) is 16.9 Å². The first-order chi connectivity index (χ1) is 12.9. The maximum Gasteiger partial charge on any atom is 0.272 e. The molecule has 4 rings (SSSR count). The molecule has 2 saturated heterocycles. The Bertz CT molecular complexity index is 727. The molecule has 0 radical (unpaired) electrons. The number of fused-ring (bicyclic) bond motifs is 2. The van der Waals surface area contributed by atoms with E-state index < -0.39 is 0 Å². The van der Waals surface area contributed by atoms with Crippen molar-refractivity contribution in [2.45, 2.75) is 25.7 Å². The largest absolute Gasteiger partial charge is 0.348 e. The van der Waals surface area contributed by atoms with E-state index in [4.69, 9.17) is 0 Å². The predicted octanol–water partition coefficient (Wildman–Crippen LogP) is 1.73. The molecule has 27 heavy (non-hydrogen) atoms. The molecular formula is C21H30N4O2. The maximum absolute atomic E-state index is 13.1. The van der Waals surface area contributed by atoms with Gasteiger partial charge in [-0.05, 0) is 56.2 Å². The van der Waals surface area contributed by atoms with Gasteiger partial charge in [-0.3, -0.25) is 14.6 Å². The van der Waals surface area contributed by atoms with Gasteiger partial charge in [0.1, 0.15) is 5.69 Å². The highest BCUT2D eigenvalue weighted by molar-refractivity contribution is 5.92. The number of piperidine rings is 1. The number of amides is 2. The summed E-state index contributed by atoms with van der Waals surface area (Å²) in [5.74, 6) is 0.723. The molecule has 1 aromatic heterocycles. The first-order valence-corrected chi connectivity index (χ1v) is 9.99. The summed E-state index contributed by atoms with van der Waals surface area (Å²) in [5, 5.41) is 0. The average molecular weight is 370 g/mol. The van der Waals surface area contributed by atoms with Crippen LogP contribution < -0.4 is 0 Å². The van der Waals surface area contributed by atoms with Crippen molar-refractivity contribution < 1.29 is 9.59 Å². The molecule has 1 saturated carbocycles. The Labute approximate surface area is 161 Å². The fourth-order valence-corrected chi connectivity index (χ4v) is 6.00. The smallest absolute Gasteiger partial charge is 0.272 e. The second-order valence-corrected chi connectivity index (χ2v) is 8.97. The zero-order valence-electron chi connectivity index (χ0n) is 16.6. The minimum atomic E-state index is -0.231. The number of pyridine rings is 1. The molecule has 1 spiro atoms. The zero-order valence-corrected chi connectivity index (χ0v) is 16.6. The second kappa shape index (κ2) is 6.59. The van der Waals surface area contributed by atoms with Gasteiger partial charge in [0.15, 0.2) is 0 Å². The van der Waals surface area contributed by atoms with E-state index in [0.29, 0.717) is 17.5 Å². The molecule has 146 valence electrons. The van der Waals surface area contributed by atoms with Crippen LogP contribution in [0.3, 0.4) is 0 Å². The summed E-state index contributed by atoms with van der Waals surface area (Å²) in [6, 6.07) is 5.48. The second-order valence-electron chi connectivity index (χ2n) is 8.97. The summed E-state index contributed by atoms with van der Waals surface area (Å²) in [5.41, 5.74) is 0.487. The molecule has 0 N–H and O–H groups in total. The van der Waals surface area contributed by atoms with E-state index in [9.17, 15) is 9.59 Å². The molecule has 6 heteroatoms. The maximum atomic E-state index is 13.1. The normalized spacial score (nSPS) is 29.7. The first-order valence-electron chi connectivity index (χ1n) is 9.99. The Hall–Kier alpha value is -1.95. The highest BCUT2D eigenvalue weighted by Gasteiger charge is 2.64. The standard InChI is InChI=1S/C21H30N4O2/c1-23(2)19(27)21-8-7-20(17(21)14-24(3)15-21)9-12-25(13-10-20)18(26)16-6-4-5-11-22-16/h4-6,11,17H,7-10,12-15H2,1-3H3/t17-,21+/m0/s1. The van der Waals surface area contributed by atoms with Crippen LogP contribution in [-0.2, 0) is 4.79 Å². The lowest BCUT2D eigenvalue weighted by molar-refractivity contribution is -0.141. The van der Waals surface area contributed by atoms with Crippen LogP contribution >= 0.6 is 0 Å². The van der Waals surface area contributed by atoms with Crippen molar-refractivity contribution >= 4 is 11.8 Å². The Morgan fingerprint density at radius 1 is 1.15 bits per heavy atom. The Kier molecular flexibility index (Phi) is 4.49. The molecule has 2 atom stereocenters. The first kappa shape index (κ1) is 18.4. The molecule has 2 aliphatic heterocycles. The Morgan fingerprint density at radius 3 is 2.52 bits per heavy atom. The van der Waals surface area contributed by atoms with Crippen molar-refractivity contribution in [3.63, 3.8) is 0 Å². The van der Waals surface area contributed by atoms with Crippen molar-refractivity contribution in [2.24, 2.45) is 16.7 Å². The van der Waals surface area contributed by atoms with E-state index in [0.717, 1.165) is 51.9 Å². The Morgan fingerprint density at radius 2 is 1.89 bits per heavy atom. The molecular weight excluding hydrogens is 340 g/mol. The monoisotopic (exact) mass is 370 g/mol. The highest BCUT2D eigenvalue weighted by atomic mass is 16.2. The van der Waals surface area contributed by atoms with Crippen molar-refractivity contribution in [1.29, 1.82) is 0 Å². The van der Waals surface area contributed by atoms with Gasteiger partial charge in [0.25, 0.3) is 5.91 Å². The highest BCUT2D eigenvalue weighted by Crippen LogP contribution is 2.62. The number of hydrogen-bond acceptors (Lipinski definition) is 4. The van der Waals surface area contributed by atoms with Gasteiger partial charge in [0, 0.05) is 46.5 Å².